The van der Waals surface area contributed by atoms with Gasteiger partial charge in [0.15, 0.2) is 5.82 Å². The lowest BCUT2D eigenvalue weighted by Crippen LogP contribution is -1.98. The number of aromatic nitrogens is 2. The number of hydrogen-bond donors (Lipinski definition) is 0. The van der Waals surface area contributed by atoms with Gasteiger partial charge in [-0.1, -0.05) is 35.9 Å². The predicted molar refractivity (Wildman–Crippen MR) is 82.0 cm³/mol. The molecule has 0 fully saturated rings. The summed E-state index contributed by atoms with van der Waals surface area (Å²) in [7, 11) is 0. The van der Waals surface area contributed by atoms with Crippen molar-refractivity contribution in [1.82, 2.24) is 9.97 Å². The highest BCUT2D eigenvalue weighted by Crippen LogP contribution is 2.32. The topological polar surface area (TPSA) is 25.8 Å². The number of nitrogens with zero attached hydrogens (tertiary/aromatic N) is 2. The number of hydrogen-bond acceptors (Lipinski definition) is 2. The first-order chi connectivity index (χ1) is 10.2. The Morgan fingerprint density at radius 1 is 0.952 bits per heavy atom. The summed E-state index contributed by atoms with van der Waals surface area (Å²) in [5.41, 5.74) is 2.91. The van der Waals surface area contributed by atoms with Gasteiger partial charge in [-0.15, -0.1) is 0 Å². The fourth-order valence-electron chi connectivity index (χ4n) is 2.96. The Hall–Kier alpha value is -2.00. The van der Waals surface area contributed by atoms with Crippen molar-refractivity contribution in [2.45, 2.75) is 19.3 Å². The maximum Gasteiger partial charge on any atom is 0.161 e. The summed E-state index contributed by atoms with van der Waals surface area (Å²) in [6, 6.07) is 10.6. The van der Waals surface area contributed by atoms with Crippen molar-refractivity contribution in [1.29, 1.82) is 0 Å². The van der Waals surface area contributed by atoms with Gasteiger partial charge in [0.25, 0.3) is 0 Å². The molecule has 0 unspecified atom stereocenters. The molecule has 3 aromatic rings. The largest absolute Gasteiger partial charge is 0.233 e. The number of rotatable bonds is 1. The minimum atomic E-state index is -0.235. The van der Waals surface area contributed by atoms with Gasteiger partial charge in [0.05, 0.1) is 0 Å². The number of fused-ring (bicyclic) bond motifs is 2. The van der Waals surface area contributed by atoms with E-state index >= 15 is 0 Å². The van der Waals surface area contributed by atoms with Gasteiger partial charge < -0.3 is 0 Å². The molecule has 1 aliphatic carbocycles. The summed E-state index contributed by atoms with van der Waals surface area (Å²) in [6.07, 6.45) is 2.94. The van der Waals surface area contributed by atoms with E-state index in [1.807, 2.05) is 18.2 Å². The maximum atomic E-state index is 13.9. The van der Waals surface area contributed by atoms with Crippen LogP contribution in [0.1, 0.15) is 17.7 Å². The molecule has 2 aromatic carbocycles. The van der Waals surface area contributed by atoms with Crippen molar-refractivity contribution in [2.24, 2.45) is 0 Å². The quantitative estimate of drug-likeness (QED) is 0.615. The van der Waals surface area contributed by atoms with Crippen molar-refractivity contribution in [3.63, 3.8) is 0 Å². The Bertz CT molecular complexity index is 861. The normalized spacial score (nSPS) is 13.6. The van der Waals surface area contributed by atoms with Crippen molar-refractivity contribution in [3.05, 3.63) is 58.6 Å². The van der Waals surface area contributed by atoms with E-state index in [-0.39, 0.29) is 5.82 Å². The molecular formula is C17H12ClFN2. The highest BCUT2D eigenvalue weighted by molar-refractivity contribution is 6.30. The smallest absolute Gasteiger partial charge is 0.161 e. The molecule has 0 amide bonds. The first-order valence-corrected chi connectivity index (χ1v) is 7.35. The second-order valence-electron chi connectivity index (χ2n) is 5.26. The van der Waals surface area contributed by atoms with E-state index in [0.29, 0.717) is 16.4 Å². The highest BCUT2D eigenvalue weighted by Gasteiger charge is 2.19. The molecule has 1 aromatic heterocycles. The molecule has 0 bridgehead atoms. The van der Waals surface area contributed by atoms with Crippen LogP contribution in [0.3, 0.4) is 0 Å². The summed E-state index contributed by atoms with van der Waals surface area (Å²) >= 11 is 6.28. The van der Waals surface area contributed by atoms with E-state index < -0.39 is 0 Å². The molecule has 2 nitrogen and oxygen atoms in total. The Labute approximate surface area is 126 Å². The molecule has 0 radical (unpaired) electrons. The highest BCUT2D eigenvalue weighted by atomic mass is 35.5. The fraction of sp³-hybridized carbons (Fsp3) is 0.176. The average molecular weight is 299 g/mol. The second kappa shape index (κ2) is 4.78. The van der Waals surface area contributed by atoms with E-state index in [9.17, 15) is 4.39 Å². The first kappa shape index (κ1) is 12.7. The van der Waals surface area contributed by atoms with Crippen LogP contribution in [0.5, 0.6) is 0 Å². The Morgan fingerprint density at radius 3 is 2.62 bits per heavy atom. The zero-order valence-corrected chi connectivity index (χ0v) is 12.0. The van der Waals surface area contributed by atoms with E-state index in [0.717, 1.165) is 41.5 Å². The summed E-state index contributed by atoms with van der Waals surface area (Å²) in [5.74, 6) is 0.346. The summed E-state index contributed by atoms with van der Waals surface area (Å²) in [6.45, 7) is 0. The molecule has 21 heavy (non-hydrogen) atoms. The first-order valence-electron chi connectivity index (χ1n) is 6.97. The summed E-state index contributed by atoms with van der Waals surface area (Å²) in [4.78, 5) is 9.07. The van der Waals surface area contributed by atoms with Gasteiger partial charge in [0.2, 0.25) is 0 Å². The molecule has 0 saturated carbocycles. The lowest BCUT2D eigenvalue weighted by atomic mass is 10.0. The van der Waals surface area contributed by atoms with Crippen molar-refractivity contribution in [3.8, 4) is 11.4 Å². The van der Waals surface area contributed by atoms with Gasteiger partial charge >= 0.3 is 0 Å². The number of benzene rings is 2. The maximum absolute atomic E-state index is 13.9. The van der Waals surface area contributed by atoms with Gasteiger partial charge in [-0.3, -0.25) is 0 Å². The number of halogens is 2. The molecule has 104 valence electrons. The summed E-state index contributed by atoms with van der Waals surface area (Å²) < 4.78 is 13.9. The van der Waals surface area contributed by atoms with E-state index in [2.05, 4.69) is 9.97 Å². The van der Waals surface area contributed by atoms with Crippen LogP contribution in [0, 0.1) is 5.82 Å². The lowest BCUT2D eigenvalue weighted by molar-refractivity contribution is 0.640. The molecule has 0 aliphatic heterocycles. The van der Waals surface area contributed by atoms with E-state index in [4.69, 9.17) is 11.6 Å². The monoisotopic (exact) mass is 298 g/mol. The van der Waals surface area contributed by atoms with Crippen LogP contribution in [-0.4, -0.2) is 9.97 Å². The lowest BCUT2D eigenvalue weighted by Gasteiger charge is -2.09. The molecule has 1 heterocycles. The average Bonchev–Trinajstić information content (AvgIpc) is 2.97. The van der Waals surface area contributed by atoms with Crippen molar-refractivity contribution in [2.75, 3.05) is 0 Å². The van der Waals surface area contributed by atoms with Crippen LogP contribution < -0.4 is 0 Å². The fourth-order valence-corrected chi connectivity index (χ4v) is 3.25. The van der Waals surface area contributed by atoms with E-state index in [1.165, 1.54) is 6.07 Å². The minimum absolute atomic E-state index is 0.235. The van der Waals surface area contributed by atoms with Crippen molar-refractivity contribution >= 4 is 22.4 Å². The molecule has 4 rings (SSSR count). The van der Waals surface area contributed by atoms with Crippen LogP contribution in [0.15, 0.2) is 36.4 Å². The Balaban J connectivity index is 1.99. The molecule has 0 atom stereocenters. The van der Waals surface area contributed by atoms with Gasteiger partial charge in [-0.05, 0) is 36.8 Å². The van der Waals surface area contributed by atoms with Crippen molar-refractivity contribution < 1.29 is 4.39 Å². The van der Waals surface area contributed by atoms with Gasteiger partial charge in [0.1, 0.15) is 11.0 Å². The summed E-state index contributed by atoms with van der Waals surface area (Å²) in [5, 5.41) is 1.92. The zero-order valence-electron chi connectivity index (χ0n) is 11.2. The van der Waals surface area contributed by atoms with Crippen LogP contribution in [0.2, 0.25) is 5.15 Å². The Morgan fingerprint density at radius 2 is 1.76 bits per heavy atom. The SMILES string of the molecule is Fc1ccc(-c2nc(Cl)c3c(n2)CCC3)c2ccccc12. The zero-order chi connectivity index (χ0) is 14.4. The molecule has 0 N–H and O–H groups in total. The number of aryl methyl sites for hydroxylation is 1. The van der Waals surface area contributed by atoms with Gasteiger partial charge in [0, 0.05) is 22.2 Å². The third kappa shape index (κ3) is 2.00. The third-order valence-corrected chi connectivity index (χ3v) is 4.31. The third-order valence-electron chi connectivity index (χ3n) is 3.99. The van der Waals surface area contributed by atoms with Crippen LogP contribution in [0.25, 0.3) is 22.2 Å². The minimum Gasteiger partial charge on any atom is -0.233 e. The predicted octanol–water partition coefficient (Wildman–Crippen LogP) is 4.58. The molecule has 1 aliphatic rings. The molecule has 0 saturated heterocycles. The van der Waals surface area contributed by atoms with E-state index in [1.54, 1.807) is 12.1 Å². The van der Waals surface area contributed by atoms with Gasteiger partial charge in [-0.25, -0.2) is 14.4 Å². The molecule has 4 heteroatoms. The van der Waals surface area contributed by atoms with Crippen LogP contribution in [0.4, 0.5) is 4.39 Å². The van der Waals surface area contributed by atoms with Crippen LogP contribution >= 0.6 is 11.6 Å². The molecular weight excluding hydrogens is 287 g/mol. The van der Waals surface area contributed by atoms with Crippen LogP contribution in [-0.2, 0) is 12.8 Å². The Kier molecular flexibility index (Phi) is 2.89. The second-order valence-corrected chi connectivity index (χ2v) is 5.62. The molecule has 0 spiro atoms. The standard InChI is InChI=1S/C17H12ClFN2/c18-16-13-6-3-7-15(13)20-17(21-16)12-8-9-14(19)11-5-2-1-4-10(11)12/h1-2,4-5,8-9H,3,6-7H2. The van der Waals surface area contributed by atoms with Gasteiger partial charge in [-0.2, -0.15) is 0 Å².